The molecule has 0 aliphatic carbocycles. The molecule has 0 bridgehead atoms. The lowest BCUT2D eigenvalue weighted by Crippen LogP contribution is -2.44. The van der Waals surface area contributed by atoms with Crippen LogP contribution in [0.4, 0.5) is 4.79 Å². The van der Waals surface area contributed by atoms with Gasteiger partial charge in [0.25, 0.3) is 0 Å². The lowest BCUT2D eigenvalue weighted by Gasteiger charge is -2.31. The molecule has 1 saturated heterocycles. The maximum atomic E-state index is 11.6. The quantitative estimate of drug-likeness (QED) is 0.639. The Bertz CT molecular complexity index is 232. The molecule has 3 amide bonds. The minimum atomic E-state index is -0.388. The predicted molar refractivity (Wildman–Crippen MR) is 52.6 cm³/mol. The van der Waals surface area contributed by atoms with Crippen LogP contribution in [0.1, 0.15) is 12.8 Å². The van der Waals surface area contributed by atoms with Gasteiger partial charge < -0.3 is 15.5 Å². The summed E-state index contributed by atoms with van der Waals surface area (Å²) in [5, 5.41) is 0. The third-order valence-electron chi connectivity index (χ3n) is 2.60. The molecule has 5 heteroatoms. The Balaban J connectivity index is 2.43. The second-order valence-electron chi connectivity index (χ2n) is 3.83. The Kier molecular flexibility index (Phi) is 3.33. The van der Waals surface area contributed by atoms with Crippen LogP contribution in [0.15, 0.2) is 0 Å². The second-order valence-corrected chi connectivity index (χ2v) is 3.83. The fourth-order valence-corrected chi connectivity index (χ4v) is 1.71. The molecule has 2 N–H and O–H groups in total. The summed E-state index contributed by atoms with van der Waals surface area (Å²) in [6, 6.07) is -0.388. The number of carbonyl (C=O) groups is 2. The standard InChI is InChI=1S/C9H17N3O2/c1-11(2)8(13)7-3-5-12(6-4-7)9(10)14/h7H,3-6H2,1-2H3,(H2,10,14). The van der Waals surface area contributed by atoms with E-state index in [4.69, 9.17) is 5.73 Å². The van der Waals surface area contributed by atoms with Gasteiger partial charge in [0.15, 0.2) is 0 Å². The fraction of sp³-hybridized carbons (Fsp3) is 0.778. The van der Waals surface area contributed by atoms with Gasteiger partial charge in [-0.1, -0.05) is 0 Å². The van der Waals surface area contributed by atoms with E-state index in [0.717, 1.165) is 12.8 Å². The topological polar surface area (TPSA) is 66.6 Å². The molecule has 0 radical (unpaired) electrons. The first-order chi connectivity index (χ1) is 6.52. The Morgan fingerprint density at radius 2 is 1.79 bits per heavy atom. The Morgan fingerprint density at radius 1 is 1.29 bits per heavy atom. The van der Waals surface area contributed by atoms with Gasteiger partial charge in [0.1, 0.15) is 0 Å². The van der Waals surface area contributed by atoms with Crippen LogP contribution in [0.2, 0.25) is 0 Å². The number of likely N-dealkylation sites (tertiary alicyclic amines) is 1. The first-order valence-corrected chi connectivity index (χ1v) is 4.78. The van der Waals surface area contributed by atoms with E-state index in [1.165, 1.54) is 0 Å². The van der Waals surface area contributed by atoms with Crippen LogP contribution in [-0.2, 0) is 4.79 Å². The third-order valence-corrected chi connectivity index (χ3v) is 2.60. The summed E-state index contributed by atoms with van der Waals surface area (Å²) in [6.07, 6.45) is 1.44. The van der Waals surface area contributed by atoms with Gasteiger partial charge in [-0.05, 0) is 12.8 Å². The molecule has 14 heavy (non-hydrogen) atoms. The maximum Gasteiger partial charge on any atom is 0.314 e. The van der Waals surface area contributed by atoms with Gasteiger partial charge in [0.2, 0.25) is 5.91 Å². The number of nitrogens with two attached hydrogens (primary N) is 1. The normalized spacial score (nSPS) is 18.0. The van der Waals surface area contributed by atoms with Gasteiger partial charge in [0, 0.05) is 33.1 Å². The lowest BCUT2D eigenvalue weighted by molar-refractivity contribution is -0.134. The van der Waals surface area contributed by atoms with Gasteiger partial charge in [-0.2, -0.15) is 0 Å². The van der Waals surface area contributed by atoms with E-state index in [1.54, 1.807) is 23.9 Å². The van der Waals surface area contributed by atoms with E-state index in [2.05, 4.69) is 0 Å². The van der Waals surface area contributed by atoms with Crippen molar-refractivity contribution in [3.05, 3.63) is 0 Å². The molecule has 1 fully saturated rings. The van der Waals surface area contributed by atoms with Crippen LogP contribution >= 0.6 is 0 Å². The first kappa shape index (κ1) is 10.8. The molecule has 5 nitrogen and oxygen atoms in total. The number of hydrogen-bond donors (Lipinski definition) is 1. The molecular weight excluding hydrogens is 182 g/mol. The summed E-state index contributed by atoms with van der Waals surface area (Å²) in [5.74, 6) is 0.203. The Labute approximate surface area is 83.8 Å². The first-order valence-electron chi connectivity index (χ1n) is 4.78. The van der Waals surface area contributed by atoms with Crippen molar-refractivity contribution in [2.75, 3.05) is 27.2 Å². The number of amides is 3. The summed E-state index contributed by atoms with van der Waals surface area (Å²) in [7, 11) is 3.51. The molecule has 0 aromatic heterocycles. The maximum absolute atomic E-state index is 11.6. The molecule has 0 unspecified atom stereocenters. The number of hydrogen-bond acceptors (Lipinski definition) is 2. The summed E-state index contributed by atoms with van der Waals surface area (Å²) >= 11 is 0. The van der Waals surface area contributed by atoms with Gasteiger partial charge in [-0.3, -0.25) is 4.79 Å². The number of nitrogens with zero attached hydrogens (tertiary/aromatic N) is 2. The van der Waals surface area contributed by atoms with Crippen LogP contribution in [0, 0.1) is 5.92 Å². The highest BCUT2D eigenvalue weighted by molar-refractivity contribution is 5.79. The highest BCUT2D eigenvalue weighted by Gasteiger charge is 2.26. The molecule has 1 aliphatic heterocycles. The zero-order valence-corrected chi connectivity index (χ0v) is 8.69. The van der Waals surface area contributed by atoms with E-state index < -0.39 is 0 Å². The smallest absolute Gasteiger partial charge is 0.314 e. The summed E-state index contributed by atoms with van der Waals surface area (Å²) < 4.78 is 0. The predicted octanol–water partition coefficient (Wildman–Crippen LogP) is -0.135. The van der Waals surface area contributed by atoms with Gasteiger partial charge >= 0.3 is 6.03 Å². The highest BCUT2D eigenvalue weighted by atomic mass is 16.2. The number of rotatable bonds is 1. The SMILES string of the molecule is CN(C)C(=O)C1CCN(C(N)=O)CC1. The molecular formula is C9H17N3O2. The number of primary amides is 1. The van der Waals surface area contributed by atoms with Crippen molar-refractivity contribution in [1.82, 2.24) is 9.80 Å². The molecule has 0 atom stereocenters. The zero-order chi connectivity index (χ0) is 10.7. The lowest BCUT2D eigenvalue weighted by atomic mass is 9.96. The van der Waals surface area contributed by atoms with Crippen molar-refractivity contribution in [1.29, 1.82) is 0 Å². The third kappa shape index (κ3) is 2.37. The molecule has 1 rings (SSSR count). The monoisotopic (exact) mass is 199 g/mol. The van der Waals surface area contributed by atoms with E-state index in [1.807, 2.05) is 0 Å². The molecule has 0 saturated carbocycles. The van der Waals surface area contributed by atoms with Crippen molar-refractivity contribution >= 4 is 11.9 Å². The number of urea groups is 1. The van der Waals surface area contributed by atoms with E-state index in [0.29, 0.717) is 13.1 Å². The highest BCUT2D eigenvalue weighted by Crippen LogP contribution is 2.18. The Hall–Kier alpha value is -1.26. The molecule has 0 aromatic carbocycles. The van der Waals surface area contributed by atoms with Crippen molar-refractivity contribution in [2.45, 2.75) is 12.8 Å². The van der Waals surface area contributed by atoms with Crippen LogP contribution in [-0.4, -0.2) is 48.9 Å². The molecule has 1 heterocycles. The zero-order valence-electron chi connectivity index (χ0n) is 8.69. The van der Waals surface area contributed by atoms with Gasteiger partial charge in [-0.25, -0.2) is 4.79 Å². The van der Waals surface area contributed by atoms with E-state index in [-0.39, 0.29) is 17.9 Å². The number of piperidine rings is 1. The van der Waals surface area contributed by atoms with Crippen molar-refractivity contribution in [3.63, 3.8) is 0 Å². The van der Waals surface area contributed by atoms with E-state index >= 15 is 0 Å². The van der Waals surface area contributed by atoms with Crippen LogP contribution in [0.5, 0.6) is 0 Å². The minimum Gasteiger partial charge on any atom is -0.351 e. The van der Waals surface area contributed by atoms with Crippen LogP contribution in [0.3, 0.4) is 0 Å². The summed E-state index contributed by atoms with van der Waals surface area (Å²) in [5.41, 5.74) is 5.14. The van der Waals surface area contributed by atoms with Gasteiger partial charge in [0.05, 0.1) is 0 Å². The average Bonchev–Trinajstić information content (AvgIpc) is 2.16. The van der Waals surface area contributed by atoms with Crippen LogP contribution < -0.4 is 5.73 Å². The minimum absolute atomic E-state index is 0.0561. The largest absolute Gasteiger partial charge is 0.351 e. The summed E-state index contributed by atoms with van der Waals surface area (Å²) in [4.78, 5) is 25.6. The van der Waals surface area contributed by atoms with Crippen LogP contribution in [0.25, 0.3) is 0 Å². The Morgan fingerprint density at radius 3 is 2.14 bits per heavy atom. The van der Waals surface area contributed by atoms with E-state index in [9.17, 15) is 9.59 Å². The average molecular weight is 199 g/mol. The van der Waals surface area contributed by atoms with Crippen molar-refractivity contribution in [3.8, 4) is 0 Å². The fourth-order valence-electron chi connectivity index (χ4n) is 1.71. The van der Waals surface area contributed by atoms with Crippen molar-refractivity contribution < 1.29 is 9.59 Å². The molecule has 80 valence electrons. The second kappa shape index (κ2) is 4.30. The summed E-state index contributed by atoms with van der Waals surface area (Å²) in [6.45, 7) is 1.19. The van der Waals surface area contributed by atoms with Gasteiger partial charge in [-0.15, -0.1) is 0 Å². The van der Waals surface area contributed by atoms with Crippen molar-refractivity contribution in [2.24, 2.45) is 11.7 Å². The molecule has 0 spiro atoms. The molecule has 0 aromatic rings. The number of carbonyl (C=O) groups excluding carboxylic acids is 2. The molecule has 1 aliphatic rings.